The van der Waals surface area contributed by atoms with Gasteiger partial charge in [0, 0.05) is 5.56 Å². The average Bonchev–Trinajstić information content (AvgIpc) is 3.09. The maximum Gasteiger partial charge on any atom is 0.285 e. The molecule has 0 spiro atoms. The molecule has 25 heavy (non-hydrogen) atoms. The summed E-state index contributed by atoms with van der Waals surface area (Å²) in [6.45, 7) is 3.42. The minimum absolute atomic E-state index is 0.00833. The van der Waals surface area contributed by atoms with Crippen molar-refractivity contribution >= 4 is 0 Å². The molecule has 0 atom stereocenters. The summed E-state index contributed by atoms with van der Waals surface area (Å²) < 4.78 is 11.5. The number of aryl methyl sites for hydroxylation is 1. The molecule has 2 aromatic heterocycles. The largest absolute Gasteiger partial charge is 0.497 e. The van der Waals surface area contributed by atoms with Gasteiger partial charge < -0.3 is 9.26 Å². The van der Waals surface area contributed by atoms with Crippen molar-refractivity contribution in [2.75, 3.05) is 7.11 Å². The Hall–Kier alpha value is -3.47. The standard InChI is InChI=1S/C17H15N5O3/c1-10-11(2)20-22(17(23)14(10)8-18)9-15-19-16(21-25-15)12-5-4-6-13(7-12)24-3/h4-7H,9H2,1-3H3. The number of hydrogen-bond acceptors (Lipinski definition) is 7. The topological polar surface area (TPSA) is 107 Å². The summed E-state index contributed by atoms with van der Waals surface area (Å²) in [5.74, 6) is 1.28. The van der Waals surface area contributed by atoms with Gasteiger partial charge in [-0.15, -0.1) is 0 Å². The van der Waals surface area contributed by atoms with Crippen molar-refractivity contribution in [3.8, 4) is 23.2 Å². The highest BCUT2D eigenvalue weighted by atomic mass is 16.5. The van der Waals surface area contributed by atoms with Gasteiger partial charge in [0.1, 0.15) is 23.9 Å². The molecule has 8 nitrogen and oxygen atoms in total. The average molecular weight is 337 g/mol. The van der Waals surface area contributed by atoms with Crippen LogP contribution in [0.3, 0.4) is 0 Å². The van der Waals surface area contributed by atoms with Crippen molar-refractivity contribution in [2.24, 2.45) is 0 Å². The molecule has 0 N–H and O–H groups in total. The third-order valence-corrected chi connectivity index (χ3v) is 3.83. The number of aromatic nitrogens is 4. The van der Waals surface area contributed by atoms with Crippen LogP contribution < -0.4 is 10.3 Å². The first-order valence-electron chi connectivity index (χ1n) is 7.49. The van der Waals surface area contributed by atoms with Crippen LogP contribution in [0, 0.1) is 25.2 Å². The van der Waals surface area contributed by atoms with Gasteiger partial charge in [0.25, 0.3) is 5.56 Å². The van der Waals surface area contributed by atoms with Gasteiger partial charge in [0.15, 0.2) is 0 Å². The van der Waals surface area contributed by atoms with Crippen molar-refractivity contribution in [2.45, 2.75) is 20.4 Å². The van der Waals surface area contributed by atoms with Crippen LogP contribution in [0.15, 0.2) is 33.6 Å². The first-order chi connectivity index (χ1) is 12.0. The lowest BCUT2D eigenvalue weighted by Crippen LogP contribution is -2.28. The molecule has 3 rings (SSSR count). The Morgan fingerprint density at radius 2 is 2.16 bits per heavy atom. The Labute approximate surface area is 143 Å². The van der Waals surface area contributed by atoms with E-state index in [4.69, 9.17) is 14.5 Å². The summed E-state index contributed by atoms with van der Waals surface area (Å²) >= 11 is 0. The first-order valence-corrected chi connectivity index (χ1v) is 7.49. The van der Waals surface area contributed by atoms with Crippen molar-refractivity contribution in [3.63, 3.8) is 0 Å². The van der Waals surface area contributed by atoms with Gasteiger partial charge in [-0.25, -0.2) is 4.68 Å². The first kappa shape index (κ1) is 16.4. The fourth-order valence-electron chi connectivity index (χ4n) is 2.34. The second kappa shape index (κ2) is 6.57. The molecule has 0 radical (unpaired) electrons. The zero-order valence-electron chi connectivity index (χ0n) is 14.0. The highest BCUT2D eigenvalue weighted by Gasteiger charge is 2.15. The predicted molar refractivity (Wildman–Crippen MR) is 88.1 cm³/mol. The van der Waals surface area contributed by atoms with Crippen LogP contribution in [0.1, 0.15) is 22.7 Å². The van der Waals surface area contributed by atoms with Crippen LogP contribution in [0.4, 0.5) is 0 Å². The second-order valence-electron chi connectivity index (χ2n) is 5.40. The molecule has 0 fully saturated rings. The molecular formula is C17H15N5O3. The zero-order valence-corrected chi connectivity index (χ0v) is 14.0. The minimum Gasteiger partial charge on any atom is -0.497 e. The normalized spacial score (nSPS) is 10.5. The molecule has 0 aliphatic rings. The van der Waals surface area contributed by atoms with E-state index in [1.165, 1.54) is 0 Å². The number of rotatable bonds is 4. The van der Waals surface area contributed by atoms with Gasteiger partial charge in [-0.1, -0.05) is 17.3 Å². The number of benzene rings is 1. The molecule has 8 heteroatoms. The summed E-state index contributed by atoms with van der Waals surface area (Å²) in [5, 5.41) is 17.3. The summed E-state index contributed by atoms with van der Waals surface area (Å²) in [4.78, 5) is 16.6. The Morgan fingerprint density at radius 1 is 1.36 bits per heavy atom. The van der Waals surface area contributed by atoms with Crippen molar-refractivity contribution in [3.05, 3.63) is 57.3 Å². The van der Waals surface area contributed by atoms with E-state index < -0.39 is 5.56 Å². The second-order valence-corrected chi connectivity index (χ2v) is 5.40. The van der Waals surface area contributed by atoms with Crippen LogP contribution in [-0.4, -0.2) is 27.0 Å². The fourth-order valence-corrected chi connectivity index (χ4v) is 2.34. The van der Waals surface area contributed by atoms with Crippen molar-refractivity contribution in [1.82, 2.24) is 19.9 Å². The molecule has 0 saturated heterocycles. The molecular weight excluding hydrogens is 322 g/mol. The zero-order chi connectivity index (χ0) is 18.0. The van der Waals surface area contributed by atoms with E-state index in [2.05, 4.69) is 15.2 Å². The van der Waals surface area contributed by atoms with E-state index in [0.717, 1.165) is 10.2 Å². The monoisotopic (exact) mass is 337 g/mol. The van der Waals surface area contributed by atoms with Crippen LogP contribution in [0.25, 0.3) is 11.4 Å². The number of nitrogens with zero attached hydrogens (tertiary/aromatic N) is 5. The van der Waals surface area contributed by atoms with Crippen LogP contribution in [0.2, 0.25) is 0 Å². The quantitative estimate of drug-likeness (QED) is 0.715. The number of ether oxygens (including phenoxy) is 1. The summed E-state index contributed by atoms with van der Waals surface area (Å²) in [6.07, 6.45) is 0. The highest BCUT2D eigenvalue weighted by molar-refractivity contribution is 5.56. The SMILES string of the molecule is COc1cccc(-c2noc(Cn3nc(C)c(C)c(C#N)c3=O)n2)c1. The van der Waals surface area contributed by atoms with Crippen LogP contribution >= 0.6 is 0 Å². The predicted octanol–water partition coefficient (Wildman–Crippen LogP) is 1.84. The van der Waals surface area contributed by atoms with E-state index in [0.29, 0.717) is 22.8 Å². The smallest absolute Gasteiger partial charge is 0.285 e. The van der Waals surface area contributed by atoms with Gasteiger partial charge in [0.2, 0.25) is 11.7 Å². The van der Waals surface area contributed by atoms with Gasteiger partial charge in [0.05, 0.1) is 12.8 Å². The Morgan fingerprint density at radius 3 is 2.88 bits per heavy atom. The minimum atomic E-state index is -0.480. The molecule has 2 heterocycles. The number of methoxy groups -OCH3 is 1. The molecule has 0 saturated carbocycles. The summed E-state index contributed by atoms with van der Waals surface area (Å²) in [5.41, 5.74) is 1.49. The molecule has 1 aromatic carbocycles. The Balaban J connectivity index is 1.94. The molecule has 0 amide bonds. The van der Waals surface area contributed by atoms with Crippen LogP contribution in [0.5, 0.6) is 5.75 Å². The number of nitriles is 1. The highest BCUT2D eigenvalue weighted by Crippen LogP contribution is 2.21. The Bertz CT molecular complexity index is 1030. The molecule has 126 valence electrons. The molecule has 3 aromatic rings. The maximum absolute atomic E-state index is 12.3. The molecule has 0 aliphatic carbocycles. The van der Waals surface area contributed by atoms with E-state index in [1.807, 2.05) is 24.3 Å². The van der Waals surface area contributed by atoms with E-state index in [1.54, 1.807) is 27.0 Å². The third-order valence-electron chi connectivity index (χ3n) is 3.83. The van der Waals surface area contributed by atoms with Crippen molar-refractivity contribution < 1.29 is 9.26 Å². The fraction of sp³-hybridized carbons (Fsp3) is 0.235. The lowest BCUT2D eigenvalue weighted by atomic mass is 10.1. The molecule has 0 aliphatic heterocycles. The van der Waals surface area contributed by atoms with E-state index >= 15 is 0 Å². The maximum atomic E-state index is 12.3. The summed E-state index contributed by atoms with van der Waals surface area (Å²) in [7, 11) is 1.57. The number of hydrogen-bond donors (Lipinski definition) is 0. The lowest BCUT2D eigenvalue weighted by molar-refractivity contribution is 0.362. The van der Waals surface area contributed by atoms with Crippen molar-refractivity contribution in [1.29, 1.82) is 5.26 Å². The van der Waals surface area contributed by atoms with E-state index in [9.17, 15) is 4.79 Å². The molecule has 0 bridgehead atoms. The third kappa shape index (κ3) is 3.12. The van der Waals surface area contributed by atoms with Gasteiger partial charge >= 0.3 is 0 Å². The molecule has 0 unspecified atom stereocenters. The van der Waals surface area contributed by atoms with E-state index in [-0.39, 0.29) is 18.0 Å². The Kier molecular flexibility index (Phi) is 4.31. The van der Waals surface area contributed by atoms with Gasteiger partial charge in [-0.3, -0.25) is 4.79 Å². The lowest BCUT2D eigenvalue weighted by Gasteiger charge is -2.06. The van der Waals surface area contributed by atoms with Crippen LogP contribution in [-0.2, 0) is 6.54 Å². The summed E-state index contributed by atoms with van der Waals surface area (Å²) in [6, 6.07) is 9.16. The van der Waals surface area contributed by atoms with Gasteiger partial charge in [-0.2, -0.15) is 15.3 Å². The van der Waals surface area contributed by atoms with Gasteiger partial charge in [-0.05, 0) is 31.5 Å².